The van der Waals surface area contributed by atoms with Gasteiger partial charge >= 0.3 is 17.1 Å². The minimum Gasteiger partial charge on any atom is -0.390 e. The number of unbranched alkanes of at least 4 members (excludes halogenated alkanes) is 25. The van der Waals surface area contributed by atoms with Crippen LogP contribution in [0, 0.1) is 0 Å². The SMILES string of the molecule is CCCCCCCCN(C)CC(O)Cn1c(=O)n(CC(O)CN(CCCCCCCC)CCCCCCCC)c(=O)n(CC(O)CN(CCCCCCCC)CCCCCCCC)c1=O. The van der Waals surface area contributed by atoms with E-state index in [0.29, 0.717) is 13.1 Å². The van der Waals surface area contributed by atoms with Gasteiger partial charge in [-0.15, -0.1) is 0 Å². The van der Waals surface area contributed by atoms with Gasteiger partial charge in [0.05, 0.1) is 37.9 Å². The van der Waals surface area contributed by atoms with Crippen molar-refractivity contribution >= 4 is 0 Å². The van der Waals surface area contributed by atoms with Crippen LogP contribution in [-0.4, -0.2) is 121 Å². The van der Waals surface area contributed by atoms with Crippen LogP contribution in [0.2, 0.25) is 0 Å². The third kappa shape index (κ3) is 30.3. The van der Waals surface area contributed by atoms with E-state index in [4.69, 9.17) is 0 Å². The van der Waals surface area contributed by atoms with Gasteiger partial charge < -0.3 is 30.0 Å². The zero-order valence-electron chi connectivity index (χ0n) is 43.5. The summed E-state index contributed by atoms with van der Waals surface area (Å²) < 4.78 is 2.91. The van der Waals surface area contributed by atoms with Crippen LogP contribution in [0.3, 0.4) is 0 Å². The Morgan fingerprint density at radius 3 is 0.815 bits per heavy atom. The molecule has 0 bridgehead atoms. The van der Waals surface area contributed by atoms with Gasteiger partial charge in [0.15, 0.2) is 0 Å². The quantitative estimate of drug-likeness (QED) is 0.0547. The van der Waals surface area contributed by atoms with Gasteiger partial charge in [-0.25, -0.2) is 28.1 Å². The van der Waals surface area contributed by atoms with Crippen molar-refractivity contribution in [2.45, 2.75) is 265 Å². The Hall–Kier alpha value is -1.83. The minimum atomic E-state index is -1.03. The van der Waals surface area contributed by atoms with Crippen molar-refractivity contribution in [1.29, 1.82) is 0 Å². The molecule has 0 fully saturated rings. The number of aromatic nitrogens is 3. The number of aliphatic hydroxyl groups is 3. The molecule has 12 heteroatoms. The molecule has 1 heterocycles. The Morgan fingerprint density at radius 2 is 0.554 bits per heavy atom. The van der Waals surface area contributed by atoms with E-state index in [2.05, 4.69) is 44.4 Å². The summed E-state index contributed by atoms with van der Waals surface area (Å²) in [6.07, 6.45) is 32.0. The third-order valence-electron chi connectivity index (χ3n) is 13.2. The Kier molecular flexibility index (Phi) is 38.8. The maximum atomic E-state index is 14.3. The molecule has 12 nitrogen and oxygen atoms in total. The Labute approximate surface area is 398 Å². The molecule has 0 spiro atoms. The van der Waals surface area contributed by atoms with Gasteiger partial charge in [0.2, 0.25) is 0 Å². The standard InChI is InChI=1S/C53H106N6O6/c1-7-12-17-22-27-32-37-54(6)42-48(60)45-57-51(63)58(46-49(61)43-55(38-33-28-23-18-13-8-2)39-34-29-24-19-14-9-3)53(65)59(52(57)64)47-50(62)44-56(40-35-30-25-20-15-10-4)41-36-31-26-21-16-11-5/h48-50,60-62H,7-47H2,1-6H3. The first kappa shape index (κ1) is 61.2. The van der Waals surface area contributed by atoms with Crippen LogP contribution >= 0.6 is 0 Å². The summed E-state index contributed by atoms with van der Waals surface area (Å²) in [4.78, 5) is 49.2. The zero-order valence-corrected chi connectivity index (χ0v) is 43.5. The summed E-state index contributed by atoms with van der Waals surface area (Å²) in [7, 11) is 1.94. The number of hydrogen-bond donors (Lipinski definition) is 3. The van der Waals surface area contributed by atoms with Crippen LogP contribution < -0.4 is 17.1 Å². The average Bonchev–Trinajstić information content (AvgIpc) is 3.28. The summed E-state index contributed by atoms with van der Waals surface area (Å²) >= 11 is 0. The molecule has 0 amide bonds. The first-order valence-corrected chi connectivity index (χ1v) is 27.6. The highest BCUT2D eigenvalue weighted by Gasteiger charge is 2.24. The van der Waals surface area contributed by atoms with Crippen molar-refractivity contribution in [3.8, 4) is 0 Å². The first-order chi connectivity index (χ1) is 31.5. The van der Waals surface area contributed by atoms with Crippen LogP contribution in [-0.2, 0) is 19.6 Å². The molecule has 1 aromatic rings. The van der Waals surface area contributed by atoms with Crippen molar-refractivity contribution < 1.29 is 15.3 Å². The smallest absolute Gasteiger partial charge is 0.336 e. The van der Waals surface area contributed by atoms with Crippen LogP contribution in [0.4, 0.5) is 0 Å². The summed E-state index contributed by atoms with van der Waals surface area (Å²) in [5, 5.41) is 34.5. The van der Waals surface area contributed by atoms with Gasteiger partial charge in [-0.3, -0.25) is 0 Å². The van der Waals surface area contributed by atoms with Gasteiger partial charge in [-0.1, -0.05) is 195 Å². The average molecular weight is 923 g/mol. The van der Waals surface area contributed by atoms with Gasteiger partial charge in [0, 0.05) is 19.6 Å². The Bertz CT molecular complexity index is 1300. The predicted molar refractivity (Wildman–Crippen MR) is 274 cm³/mol. The molecule has 0 aliphatic heterocycles. The lowest BCUT2D eigenvalue weighted by Crippen LogP contribution is -2.58. The highest BCUT2D eigenvalue weighted by molar-refractivity contribution is 4.84. The highest BCUT2D eigenvalue weighted by Crippen LogP contribution is 2.12. The summed E-state index contributed by atoms with van der Waals surface area (Å²) in [5.41, 5.74) is -2.47. The molecule has 3 unspecified atom stereocenters. The lowest BCUT2D eigenvalue weighted by molar-refractivity contribution is 0.0816. The lowest BCUT2D eigenvalue weighted by Gasteiger charge is -2.27. The van der Waals surface area contributed by atoms with Crippen LogP contribution in [0.1, 0.15) is 227 Å². The molecule has 384 valence electrons. The molecule has 3 N–H and O–H groups in total. The molecule has 0 aromatic carbocycles. The fraction of sp³-hybridized carbons (Fsp3) is 0.943. The third-order valence-corrected chi connectivity index (χ3v) is 13.2. The van der Waals surface area contributed by atoms with Gasteiger partial charge in [-0.2, -0.15) is 0 Å². The first-order valence-electron chi connectivity index (χ1n) is 27.6. The Morgan fingerprint density at radius 1 is 0.338 bits per heavy atom. The summed E-state index contributed by atoms with van der Waals surface area (Å²) in [6.45, 7) is 15.3. The maximum Gasteiger partial charge on any atom is 0.336 e. The normalized spacial score (nSPS) is 13.5. The van der Waals surface area contributed by atoms with E-state index in [1.807, 2.05) is 11.9 Å². The number of hydrogen-bond acceptors (Lipinski definition) is 9. The van der Waals surface area contributed by atoms with Crippen molar-refractivity contribution in [2.75, 3.05) is 59.4 Å². The van der Waals surface area contributed by atoms with Crippen LogP contribution in [0.15, 0.2) is 14.4 Å². The number of nitrogens with zero attached hydrogens (tertiary/aromatic N) is 6. The predicted octanol–water partition coefficient (Wildman–Crippen LogP) is 9.59. The van der Waals surface area contributed by atoms with Crippen molar-refractivity contribution in [3.05, 3.63) is 31.5 Å². The zero-order chi connectivity index (χ0) is 47.9. The molecule has 65 heavy (non-hydrogen) atoms. The molecule has 0 saturated heterocycles. The second-order valence-corrected chi connectivity index (χ2v) is 19.8. The maximum absolute atomic E-state index is 14.3. The molecule has 3 atom stereocenters. The number of likely N-dealkylation sites (N-methyl/N-ethyl adjacent to an activating group) is 1. The van der Waals surface area contributed by atoms with Crippen molar-refractivity contribution in [2.24, 2.45) is 0 Å². The lowest BCUT2D eigenvalue weighted by atomic mass is 10.1. The molecule has 0 aliphatic rings. The topological polar surface area (TPSA) is 136 Å². The van der Waals surface area contributed by atoms with E-state index in [1.165, 1.54) is 128 Å². The second-order valence-electron chi connectivity index (χ2n) is 19.8. The van der Waals surface area contributed by atoms with Gasteiger partial charge in [0.25, 0.3) is 0 Å². The fourth-order valence-corrected chi connectivity index (χ4v) is 9.22. The van der Waals surface area contributed by atoms with E-state index in [-0.39, 0.29) is 26.2 Å². The Balaban J connectivity index is 3.38. The monoisotopic (exact) mass is 923 g/mol. The van der Waals surface area contributed by atoms with E-state index in [9.17, 15) is 29.7 Å². The summed E-state index contributed by atoms with van der Waals surface area (Å²) in [6, 6.07) is 0. The fourth-order valence-electron chi connectivity index (χ4n) is 9.22. The van der Waals surface area contributed by atoms with Crippen molar-refractivity contribution in [1.82, 2.24) is 28.4 Å². The van der Waals surface area contributed by atoms with E-state index in [1.54, 1.807) is 0 Å². The molecular weight excluding hydrogens is 817 g/mol. The molecule has 1 aromatic heterocycles. The molecular formula is C53H106N6O6. The molecule has 0 saturated carbocycles. The van der Waals surface area contributed by atoms with Gasteiger partial charge in [0.1, 0.15) is 0 Å². The molecule has 0 radical (unpaired) electrons. The number of aliphatic hydroxyl groups excluding tert-OH is 3. The second kappa shape index (κ2) is 41.2. The highest BCUT2D eigenvalue weighted by atomic mass is 16.3. The molecule has 0 aliphatic carbocycles. The van der Waals surface area contributed by atoms with Crippen molar-refractivity contribution in [3.63, 3.8) is 0 Å². The van der Waals surface area contributed by atoms with E-state index >= 15 is 0 Å². The van der Waals surface area contributed by atoms with Gasteiger partial charge in [-0.05, 0) is 71.9 Å². The number of rotatable bonds is 47. The van der Waals surface area contributed by atoms with E-state index in [0.717, 1.165) is 111 Å². The molecule has 1 rings (SSSR count). The van der Waals surface area contributed by atoms with Crippen LogP contribution in [0.25, 0.3) is 0 Å². The van der Waals surface area contributed by atoms with Crippen LogP contribution in [0.5, 0.6) is 0 Å². The summed E-state index contributed by atoms with van der Waals surface area (Å²) in [5.74, 6) is 0. The minimum absolute atomic E-state index is 0.267. The van der Waals surface area contributed by atoms with E-state index < -0.39 is 35.4 Å². The largest absolute Gasteiger partial charge is 0.390 e.